The van der Waals surface area contributed by atoms with Crippen molar-refractivity contribution in [3.05, 3.63) is 45.8 Å². The first kappa shape index (κ1) is 23.5. The van der Waals surface area contributed by atoms with Crippen LogP contribution in [0.5, 0.6) is 5.88 Å². The summed E-state index contributed by atoms with van der Waals surface area (Å²) in [5, 5.41) is 0.708. The SMILES string of the molecule is C[C@@H]1CN(S(C)(=O)=O)CCN1Cc1cc2c(=O)n(C)cc(-c3ccnc(OCC4CC4)c3)c2s1. The van der Waals surface area contributed by atoms with Crippen molar-refractivity contribution < 1.29 is 13.2 Å². The fraction of sp³-hybridized carbons (Fsp3) is 0.500. The third-order valence-electron chi connectivity index (χ3n) is 6.67. The van der Waals surface area contributed by atoms with Gasteiger partial charge in [-0.05, 0) is 43.4 Å². The smallest absolute Gasteiger partial charge is 0.259 e. The van der Waals surface area contributed by atoms with Gasteiger partial charge >= 0.3 is 0 Å². The summed E-state index contributed by atoms with van der Waals surface area (Å²) in [6.45, 7) is 5.08. The van der Waals surface area contributed by atoms with Gasteiger partial charge < -0.3 is 9.30 Å². The fourth-order valence-electron chi connectivity index (χ4n) is 4.43. The molecule has 182 valence electrons. The number of aryl methyl sites for hydroxylation is 1. The lowest BCUT2D eigenvalue weighted by Crippen LogP contribution is -2.52. The Hall–Kier alpha value is -2.27. The van der Waals surface area contributed by atoms with Gasteiger partial charge in [0.25, 0.3) is 5.56 Å². The molecule has 4 heterocycles. The Balaban J connectivity index is 1.43. The maximum absolute atomic E-state index is 12.9. The minimum atomic E-state index is -3.18. The molecule has 34 heavy (non-hydrogen) atoms. The lowest BCUT2D eigenvalue weighted by molar-refractivity contribution is 0.123. The number of fused-ring (bicyclic) bond motifs is 1. The van der Waals surface area contributed by atoms with Crippen LogP contribution in [0.2, 0.25) is 0 Å². The van der Waals surface area contributed by atoms with Crippen molar-refractivity contribution in [2.45, 2.75) is 32.4 Å². The summed E-state index contributed by atoms with van der Waals surface area (Å²) in [4.78, 5) is 20.7. The standard InChI is InChI=1S/C24H30N4O4S2/c1-16-12-28(34(3,30)31)9-8-27(16)13-19-11-20-23(33-19)21(14-26(2)24(20)29)18-6-7-25-22(10-18)32-15-17-4-5-17/h6-7,10-11,14,16-17H,4-5,8-9,12-13,15H2,1-3H3/t16-/m1/s1. The molecule has 1 atom stereocenters. The largest absolute Gasteiger partial charge is 0.477 e. The molecule has 8 nitrogen and oxygen atoms in total. The molecule has 0 aromatic carbocycles. The van der Waals surface area contributed by atoms with Gasteiger partial charge in [-0.15, -0.1) is 11.3 Å². The summed E-state index contributed by atoms with van der Waals surface area (Å²) in [6.07, 6.45) is 7.35. The topological polar surface area (TPSA) is 84.7 Å². The number of hydrogen-bond acceptors (Lipinski definition) is 7. The van der Waals surface area contributed by atoms with Crippen LogP contribution in [-0.4, -0.2) is 65.7 Å². The zero-order valence-electron chi connectivity index (χ0n) is 19.7. The third kappa shape index (κ3) is 4.91. The van der Waals surface area contributed by atoms with Crippen molar-refractivity contribution in [3.8, 4) is 17.0 Å². The molecule has 1 saturated heterocycles. The molecule has 1 aliphatic heterocycles. The van der Waals surface area contributed by atoms with E-state index in [-0.39, 0.29) is 11.6 Å². The average molecular weight is 503 g/mol. The zero-order chi connectivity index (χ0) is 24.0. The van der Waals surface area contributed by atoms with Crippen molar-refractivity contribution in [1.82, 2.24) is 18.8 Å². The Morgan fingerprint density at radius 2 is 2.03 bits per heavy atom. The first-order valence-corrected chi connectivity index (χ1v) is 14.3. The Morgan fingerprint density at radius 3 is 2.74 bits per heavy atom. The highest BCUT2D eigenvalue weighted by atomic mass is 32.2. The van der Waals surface area contributed by atoms with Crippen LogP contribution in [0.4, 0.5) is 0 Å². The maximum atomic E-state index is 12.9. The summed E-state index contributed by atoms with van der Waals surface area (Å²) in [5.41, 5.74) is 1.95. The van der Waals surface area contributed by atoms with Gasteiger partial charge in [-0.2, -0.15) is 4.31 Å². The molecule has 10 heteroatoms. The van der Waals surface area contributed by atoms with Gasteiger partial charge in [0.2, 0.25) is 15.9 Å². The van der Waals surface area contributed by atoms with E-state index in [1.54, 1.807) is 33.5 Å². The molecule has 3 aromatic heterocycles. The number of rotatable bonds is 7. The second-order valence-electron chi connectivity index (χ2n) is 9.49. The molecular formula is C24H30N4O4S2. The van der Waals surface area contributed by atoms with Gasteiger partial charge in [-0.3, -0.25) is 9.69 Å². The maximum Gasteiger partial charge on any atom is 0.259 e. The Kier molecular flexibility index (Phi) is 6.26. The van der Waals surface area contributed by atoms with E-state index in [9.17, 15) is 13.2 Å². The molecule has 2 fully saturated rings. The number of hydrogen-bond donors (Lipinski definition) is 0. The monoisotopic (exact) mass is 502 g/mol. The predicted molar refractivity (Wildman–Crippen MR) is 135 cm³/mol. The molecule has 2 aliphatic rings. The fourth-order valence-corrected chi connectivity index (χ4v) is 6.53. The zero-order valence-corrected chi connectivity index (χ0v) is 21.4. The minimum absolute atomic E-state index is 0.0181. The van der Waals surface area contributed by atoms with Crippen LogP contribution in [-0.2, 0) is 23.6 Å². The van der Waals surface area contributed by atoms with Gasteiger partial charge in [0, 0.05) is 72.9 Å². The number of aromatic nitrogens is 2. The van der Waals surface area contributed by atoms with Crippen molar-refractivity contribution in [2.24, 2.45) is 13.0 Å². The van der Waals surface area contributed by atoms with E-state index >= 15 is 0 Å². The molecule has 1 saturated carbocycles. The minimum Gasteiger partial charge on any atom is -0.477 e. The summed E-state index contributed by atoms with van der Waals surface area (Å²) >= 11 is 1.63. The highest BCUT2D eigenvalue weighted by Crippen LogP contribution is 2.35. The molecule has 0 unspecified atom stereocenters. The Morgan fingerprint density at radius 1 is 1.24 bits per heavy atom. The van der Waals surface area contributed by atoms with Gasteiger partial charge in [-0.25, -0.2) is 13.4 Å². The normalized spacial score (nSPS) is 20.1. The van der Waals surface area contributed by atoms with Gasteiger partial charge in [0.15, 0.2) is 0 Å². The van der Waals surface area contributed by atoms with Crippen LogP contribution < -0.4 is 10.3 Å². The molecule has 1 aliphatic carbocycles. The molecule has 0 N–H and O–H groups in total. The molecule has 5 rings (SSSR count). The highest BCUT2D eigenvalue weighted by molar-refractivity contribution is 7.88. The number of nitrogens with zero attached hydrogens (tertiary/aromatic N) is 4. The number of sulfonamides is 1. The van der Waals surface area contributed by atoms with Crippen LogP contribution in [0.15, 0.2) is 35.4 Å². The molecule has 0 radical (unpaired) electrons. The van der Waals surface area contributed by atoms with E-state index in [1.807, 2.05) is 24.4 Å². The van der Waals surface area contributed by atoms with Crippen LogP contribution in [0, 0.1) is 5.92 Å². The highest BCUT2D eigenvalue weighted by Gasteiger charge is 2.29. The number of piperazine rings is 1. The van der Waals surface area contributed by atoms with Crippen molar-refractivity contribution in [1.29, 1.82) is 0 Å². The summed E-state index contributed by atoms with van der Waals surface area (Å²) in [6, 6.07) is 6.00. The van der Waals surface area contributed by atoms with Crippen molar-refractivity contribution in [3.63, 3.8) is 0 Å². The number of thiophene rings is 1. The third-order valence-corrected chi connectivity index (χ3v) is 9.09. The lowest BCUT2D eigenvalue weighted by atomic mass is 10.1. The quantitative estimate of drug-likeness (QED) is 0.494. The van der Waals surface area contributed by atoms with Gasteiger partial charge in [-0.1, -0.05) is 0 Å². The molecule has 3 aromatic rings. The predicted octanol–water partition coefficient (Wildman–Crippen LogP) is 2.92. The summed E-state index contributed by atoms with van der Waals surface area (Å²) in [5.74, 6) is 1.26. The summed E-state index contributed by atoms with van der Waals surface area (Å²) in [7, 11) is -1.40. The van der Waals surface area contributed by atoms with Crippen LogP contribution in [0.3, 0.4) is 0 Å². The van der Waals surface area contributed by atoms with Crippen LogP contribution in [0.25, 0.3) is 21.2 Å². The van der Waals surface area contributed by atoms with Crippen LogP contribution in [0.1, 0.15) is 24.6 Å². The van der Waals surface area contributed by atoms with Gasteiger partial charge in [0.05, 0.1) is 18.2 Å². The average Bonchev–Trinajstić information content (AvgIpc) is 3.53. The van der Waals surface area contributed by atoms with E-state index in [0.717, 1.165) is 20.7 Å². The van der Waals surface area contributed by atoms with Crippen molar-refractivity contribution in [2.75, 3.05) is 32.5 Å². The van der Waals surface area contributed by atoms with Gasteiger partial charge in [0.1, 0.15) is 0 Å². The van der Waals surface area contributed by atoms with E-state index in [4.69, 9.17) is 4.74 Å². The molecule has 0 bridgehead atoms. The second kappa shape index (κ2) is 9.07. The number of pyridine rings is 2. The number of ether oxygens (including phenoxy) is 1. The molecule has 0 spiro atoms. The van der Waals surface area contributed by atoms with Crippen molar-refractivity contribution >= 4 is 31.4 Å². The van der Waals surface area contributed by atoms with E-state index in [1.165, 1.54) is 19.1 Å². The van der Waals surface area contributed by atoms with E-state index in [0.29, 0.717) is 50.0 Å². The Labute approximate surface area is 203 Å². The van der Waals surface area contributed by atoms with Crippen LogP contribution >= 0.6 is 11.3 Å². The molecule has 0 amide bonds. The second-order valence-corrected chi connectivity index (χ2v) is 12.6. The lowest BCUT2D eigenvalue weighted by Gasteiger charge is -2.38. The van der Waals surface area contributed by atoms with E-state index in [2.05, 4.69) is 16.8 Å². The first-order chi connectivity index (χ1) is 16.2. The van der Waals surface area contributed by atoms with E-state index < -0.39 is 10.0 Å². The molecular weight excluding hydrogens is 472 g/mol. The first-order valence-electron chi connectivity index (χ1n) is 11.6. The Bertz CT molecular complexity index is 1380. The summed E-state index contributed by atoms with van der Waals surface area (Å²) < 4.78 is 33.8.